The van der Waals surface area contributed by atoms with Gasteiger partial charge in [-0.15, -0.1) is 0 Å². The molecule has 4 unspecified atom stereocenters. The number of aliphatic hydroxyl groups is 1. The molecular formula is C30H53N3O4. The van der Waals surface area contributed by atoms with E-state index >= 15 is 0 Å². The third-order valence-corrected chi connectivity index (χ3v) is 7.94. The maximum absolute atomic E-state index is 13.0. The van der Waals surface area contributed by atoms with Crippen molar-refractivity contribution in [2.45, 2.75) is 90.8 Å². The Morgan fingerprint density at radius 2 is 1.92 bits per heavy atom. The first-order chi connectivity index (χ1) is 17.7. The molecule has 212 valence electrons. The molecule has 1 aliphatic rings. The summed E-state index contributed by atoms with van der Waals surface area (Å²) in [5.41, 5.74) is 9.07. The average Bonchev–Trinajstić information content (AvgIpc) is 3.37. The van der Waals surface area contributed by atoms with Crippen LogP contribution >= 0.6 is 0 Å². The van der Waals surface area contributed by atoms with Gasteiger partial charge in [0.1, 0.15) is 5.75 Å². The van der Waals surface area contributed by atoms with Crippen LogP contribution in [0.3, 0.4) is 0 Å². The lowest BCUT2D eigenvalue weighted by Crippen LogP contribution is -2.45. The number of carbonyl (C=O) groups excluding carboxylic acids is 1. The van der Waals surface area contributed by atoms with Crippen molar-refractivity contribution >= 4 is 5.91 Å². The van der Waals surface area contributed by atoms with Gasteiger partial charge in [0.25, 0.3) is 0 Å². The topological polar surface area (TPSA) is 106 Å². The molecule has 0 radical (unpaired) electrons. The summed E-state index contributed by atoms with van der Waals surface area (Å²) in [6.45, 7) is 11.1. The highest BCUT2D eigenvalue weighted by Crippen LogP contribution is 2.28. The second kappa shape index (κ2) is 16.3. The SMILES string of the molecule is COCCCCc1cc(CC(CC(N)C(O)CC(C(=O)N[C@H]2CCNC2)C(C)C)C(C)C)ccc1OC. The molecule has 5 atom stereocenters. The van der Waals surface area contributed by atoms with Crippen molar-refractivity contribution in [2.24, 2.45) is 29.4 Å². The number of carbonyl (C=O) groups is 1. The predicted octanol–water partition coefficient (Wildman–Crippen LogP) is 3.70. The standard InChI is InChI=1S/C30H53N3O4/c1-20(2)24(16-22-10-11-29(37-6)23(15-22)9-7-8-14-36-5)17-27(31)28(34)18-26(21(3)4)30(35)33-25-12-13-32-19-25/h10-11,15,20-21,24-28,32,34H,7-9,12-14,16-19,31H2,1-6H3,(H,33,35)/t24?,25-,26?,27?,28?/m0/s1. The lowest BCUT2D eigenvalue weighted by Gasteiger charge is -2.30. The number of rotatable bonds is 17. The maximum Gasteiger partial charge on any atom is 0.223 e. The Hall–Kier alpha value is -1.67. The molecule has 0 saturated carbocycles. The Balaban J connectivity index is 2.00. The van der Waals surface area contributed by atoms with Gasteiger partial charge in [-0.3, -0.25) is 4.79 Å². The van der Waals surface area contributed by atoms with Gasteiger partial charge in [0.05, 0.1) is 13.2 Å². The van der Waals surface area contributed by atoms with Gasteiger partial charge in [0.2, 0.25) is 5.91 Å². The molecule has 7 nitrogen and oxygen atoms in total. The van der Waals surface area contributed by atoms with E-state index in [1.807, 2.05) is 13.8 Å². The molecule has 1 amide bonds. The van der Waals surface area contributed by atoms with Crippen LogP contribution in [0.15, 0.2) is 18.2 Å². The second-order valence-electron chi connectivity index (χ2n) is 11.6. The molecule has 0 aliphatic carbocycles. The van der Waals surface area contributed by atoms with Crippen molar-refractivity contribution in [3.05, 3.63) is 29.3 Å². The normalized spacial score (nSPS) is 19.1. The fourth-order valence-electron chi connectivity index (χ4n) is 5.32. The molecule has 0 aromatic heterocycles. The van der Waals surface area contributed by atoms with E-state index in [0.717, 1.165) is 57.6 Å². The van der Waals surface area contributed by atoms with E-state index in [4.69, 9.17) is 15.2 Å². The molecule has 1 aromatic carbocycles. The molecular weight excluding hydrogens is 466 g/mol. The molecule has 1 aromatic rings. The average molecular weight is 520 g/mol. The third kappa shape index (κ3) is 10.5. The Bertz CT molecular complexity index is 795. The minimum atomic E-state index is -0.715. The zero-order valence-corrected chi connectivity index (χ0v) is 24.1. The molecule has 2 rings (SSSR count). The van der Waals surface area contributed by atoms with Gasteiger partial charge in [-0.1, -0.05) is 39.8 Å². The summed E-state index contributed by atoms with van der Waals surface area (Å²) in [5.74, 6) is 1.60. The zero-order valence-electron chi connectivity index (χ0n) is 24.1. The third-order valence-electron chi connectivity index (χ3n) is 7.94. The summed E-state index contributed by atoms with van der Waals surface area (Å²) in [6.07, 6.45) is 5.29. The summed E-state index contributed by atoms with van der Waals surface area (Å²) >= 11 is 0. The Morgan fingerprint density at radius 1 is 1.16 bits per heavy atom. The van der Waals surface area contributed by atoms with E-state index in [9.17, 15) is 9.90 Å². The van der Waals surface area contributed by atoms with Crippen molar-refractivity contribution in [3.63, 3.8) is 0 Å². The fourth-order valence-corrected chi connectivity index (χ4v) is 5.32. The molecule has 5 N–H and O–H groups in total. The molecule has 7 heteroatoms. The number of hydrogen-bond donors (Lipinski definition) is 4. The van der Waals surface area contributed by atoms with Gasteiger partial charge >= 0.3 is 0 Å². The minimum Gasteiger partial charge on any atom is -0.496 e. The summed E-state index contributed by atoms with van der Waals surface area (Å²) in [4.78, 5) is 13.0. The van der Waals surface area contributed by atoms with E-state index in [1.54, 1.807) is 14.2 Å². The first kappa shape index (κ1) is 31.5. The number of nitrogens with one attached hydrogen (secondary N) is 2. The van der Waals surface area contributed by atoms with E-state index < -0.39 is 6.10 Å². The van der Waals surface area contributed by atoms with Gasteiger partial charge in [0, 0.05) is 38.3 Å². The highest BCUT2D eigenvalue weighted by atomic mass is 16.5. The van der Waals surface area contributed by atoms with Crippen LogP contribution in [0.4, 0.5) is 0 Å². The van der Waals surface area contributed by atoms with E-state index in [2.05, 4.69) is 42.7 Å². The van der Waals surface area contributed by atoms with Crippen molar-refractivity contribution in [3.8, 4) is 5.75 Å². The zero-order chi connectivity index (χ0) is 27.4. The number of aliphatic hydroxyl groups excluding tert-OH is 1. The van der Waals surface area contributed by atoms with Crippen LogP contribution in [0.1, 0.15) is 70.9 Å². The fraction of sp³-hybridized carbons (Fsp3) is 0.767. The Labute approximate surface area is 225 Å². The largest absolute Gasteiger partial charge is 0.496 e. The number of nitrogens with two attached hydrogens (primary N) is 1. The van der Waals surface area contributed by atoms with Crippen LogP contribution in [-0.4, -0.2) is 63.1 Å². The lowest BCUT2D eigenvalue weighted by atomic mass is 9.80. The van der Waals surface area contributed by atoms with Gasteiger partial charge < -0.3 is 30.9 Å². The molecule has 1 aliphatic heterocycles. The Kier molecular flexibility index (Phi) is 13.9. The number of benzene rings is 1. The first-order valence-corrected chi connectivity index (χ1v) is 14.3. The minimum absolute atomic E-state index is 0.0339. The van der Waals surface area contributed by atoms with E-state index in [-0.39, 0.29) is 29.8 Å². The molecule has 0 spiro atoms. The van der Waals surface area contributed by atoms with Crippen molar-refractivity contribution in [1.82, 2.24) is 10.6 Å². The quantitative estimate of drug-likeness (QED) is 0.234. The van der Waals surface area contributed by atoms with Crippen LogP contribution in [0.2, 0.25) is 0 Å². The van der Waals surface area contributed by atoms with Crippen molar-refractivity contribution in [1.29, 1.82) is 0 Å². The van der Waals surface area contributed by atoms with Gasteiger partial charge in [0.15, 0.2) is 0 Å². The highest BCUT2D eigenvalue weighted by Gasteiger charge is 2.31. The van der Waals surface area contributed by atoms with Crippen LogP contribution in [-0.2, 0) is 22.4 Å². The smallest absolute Gasteiger partial charge is 0.223 e. The monoisotopic (exact) mass is 519 g/mol. The number of ether oxygens (including phenoxy) is 2. The van der Waals surface area contributed by atoms with Crippen molar-refractivity contribution < 1.29 is 19.4 Å². The molecule has 1 fully saturated rings. The summed E-state index contributed by atoms with van der Waals surface area (Å²) in [5, 5.41) is 17.5. The summed E-state index contributed by atoms with van der Waals surface area (Å²) < 4.78 is 10.8. The van der Waals surface area contributed by atoms with Crippen LogP contribution in [0, 0.1) is 23.7 Å². The highest BCUT2D eigenvalue weighted by molar-refractivity contribution is 5.79. The second-order valence-corrected chi connectivity index (χ2v) is 11.6. The van der Waals surface area contributed by atoms with Gasteiger partial charge in [-0.2, -0.15) is 0 Å². The Morgan fingerprint density at radius 3 is 2.51 bits per heavy atom. The lowest BCUT2D eigenvalue weighted by molar-refractivity contribution is -0.128. The van der Waals surface area contributed by atoms with Crippen molar-refractivity contribution in [2.75, 3.05) is 33.9 Å². The number of methoxy groups -OCH3 is 2. The molecule has 37 heavy (non-hydrogen) atoms. The van der Waals surface area contributed by atoms with Gasteiger partial charge in [-0.25, -0.2) is 0 Å². The maximum atomic E-state index is 13.0. The first-order valence-electron chi connectivity index (χ1n) is 14.3. The van der Waals surface area contributed by atoms with Gasteiger partial charge in [-0.05, 0) is 86.4 Å². The van der Waals surface area contributed by atoms with Crippen LogP contribution in [0.5, 0.6) is 5.75 Å². The predicted molar refractivity (Wildman–Crippen MR) is 151 cm³/mol. The molecule has 0 bridgehead atoms. The summed E-state index contributed by atoms with van der Waals surface area (Å²) in [6, 6.07) is 6.28. The van der Waals surface area contributed by atoms with Crippen LogP contribution in [0.25, 0.3) is 0 Å². The summed E-state index contributed by atoms with van der Waals surface area (Å²) in [7, 11) is 3.46. The number of unbranched alkanes of at least 4 members (excludes halogenated alkanes) is 1. The van der Waals surface area contributed by atoms with E-state index in [1.165, 1.54) is 11.1 Å². The van der Waals surface area contributed by atoms with E-state index in [0.29, 0.717) is 24.7 Å². The van der Waals surface area contributed by atoms with Crippen LogP contribution < -0.4 is 21.1 Å². The number of aryl methyl sites for hydroxylation is 1. The number of amides is 1. The molecule has 1 saturated heterocycles. The number of hydrogen-bond acceptors (Lipinski definition) is 6. The molecule has 1 heterocycles.